The number of ether oxygens (including phenoxy) is 2. The van der Waals surface area contributed by atoms with Crippen LogP contribution in [0.1, 0.15) is 19.4 Å². The molecule has 26 heavy (non-hydrogen) atoms. The fourth-order valence-corrected chi connectivity index (χ4v) is 2.59. The second kappa shape index (κ2) is 9.40. The highest BCUT2D eigenvalue weighted by molar-refractivity contribution is 6.32. The van der Waals surface area contributed by atoms with Crippen LogP contribution >= 0.6 is 11.6 Å². The maximum atomic E-state index is 12.5. The first-order valence-electron chi connectivity index (χ1n) is 8.37. The van der Waals surface area contributed by atoms with Crippen LogP contribution in [0.15, 0.2) is 36.5 Å². The van der Waals surface area contributed by atoms with Crippen LogP contribution in [-0.2, 0) is 11.3 Å². The van der Waals surface area contributed by atoms with Crippen molar-refractivity contribution in [2.45, 2.75) is 26.4 Å². The molecule has 1 N–H and O–H groups in total. The Hall–Kier alpha value is -2.31. The number of hydrogen-bond acceptors (Lipinski definition) is 5. The highest BCUT2D eigenvalue weighted by atomic mass is 35.5. The molecule has 0 spiro atoms. The number of carbonyl (C=O) groups is 1. The Kier molecular flexibility index (Phi) is 7.24. The van der Waals surface area contributed by atoms with Crippen LogP contribution in [-0.4, -0.2) is 42.6 Å². The Bertz CT molecular complexity index is 755. The monoisotopic (exact) mass is 377 g/mol. The number of likely N-dealkylation sites (N-methyl/N-ethyl adjacent to an activating group) is 1. The van der Waals surface area contributed by atoms with Gasteiger partial charge in [0, 0.05) is 12.7 Å². The van der Waals surface area contributed by atoms with Crippen LogP contribution in [0.25, 0.3) is 0 Å². The van der Waals surface area contributed by atoms with Gasteiger partial charge in [-0.3, -0.25) is 9.69 Å². The van der Waals surface area contributed by atoms with Crippen LogP contribution in [0.5, 0.6) is 11.5 Å². The van der Waals surface area contributed by atoms with E-state index in [4.69, 9.17) is 21.1 Å². The van der Waals surface area contributed by atoms with Gasteiger partial charge in [-0.05, 0) is 50.7 Å². The Morgan fingerprint density at radius 2 is 2.12 bits per heavy atom. The first kappa shape index (κ1) is 20.0. The standard InChI is InChI=1S/C19H24ClN3O3/c1-5-26-16-9-8-14(11-17(16)25-4)12-23(3)13(2)19(24)22-15-7-6-10-21-18(15)20/h6-11,13H,5,12H2,1-4H3,(H,22,24)/t13-/m1/s1. The Balaban J connectivity index is 2.03. The van der Waals surface area contributed by atoms with Crippen LogP contribution in [0.4, 0.5) is 5.69 Å². The van der Waals surface area contributed by atoms with Gasteiger partial charge in [-0.25, -0.2) is 4.98 Å². The summed E-state index contributed by atoms with van der Waals surface area (Å²) in [7, 11) is 3.50. The van der Waals surface area contributed by atoms with Gasteiger partial charge in [0.1, 0.15) is 0 Å². The van der Waals surface area contributed by atoms with Gasteiger partial charge in [0.2, 0.25) is 5.91 Å². The van der Waals surface area contributed by atoms with Crippen molar-refractivity contribution in [2.24, 2.45) is 0 Å². The fourth-order valence-electron chi connectivity index (χ4n) is 2.43. The second-order valence-electron chi connectivity index (χ2n) is 5.84. The van der Waals surface area contributed by atoms with Crippen molar-refractivity contribution in [2.75, 3.05) is 26.1 Å². The third kappa shape index (κ3) is 5.09. The molecule has 140 valence electrons. The summed E-state index contributed by atoms with van der Waals surface area (Å²) in [6.07, 6.45) is 1.58. The average molecular weight is 378 g/mol. The zero-order valence-electron chi connectivity index (χ0n) is 15.5. The summed E-state index contributed by atoms with van der Waals surface area (Å²) < 4.78 is 10.9. The van der Waals surface area contributed by atoms with Crippen molar-refractivity contribution in [3.05, 3.63) is 47.2 Å². The fraction of sp³-hybridized carbons (Fsp3) is 0.368. The number of rotatable bonds is 8. The molecule has 2 rings (SSSR count). The average Bonchev–Trinajstić information content (AvgIpc) is 2.64. The van der Waals surface area contributed by atoms with Gasteiger partial charge < -0.3 is 14.8 Å². The number of aromatic nitrogens is 1. The molecule has 0 saturated carbocycles. The highest BCUT2D eigenvalue weighted by Crippen LogP contribution is 2.28. The van der Waals surface area contributed by atoms with Gasteiger partial charge in [-0.1, -0.05) is 17.7 Å². The molecule has 1 atom stereocenters. The van der Waals surface area contributed by atoms with E-state index in [-0.39, 0.29) is 17.1 Å². The lowest BCUT2D eigenvalue weighted by Gasteiger charge is -2.24. The van der Waals surface area contributed by atoms with Gasteiger partial charge in [0.25, 0.3) is 0 Å². The molecule has 1 heterocycles. The molecule has 0 radical (unpaired) electrons. The lowest BCUT2D eigenvalue weighted by Crippen LogP contribution is -2.39. The van der Waals surface area contributed by atoms with E-state index in [0.717, 1.165) is 5.56 Å². The van der Waals surface area contributed by atoms with E-state index in [1.54, 1.807) is 25.4 Å². The van der Waals surface area contributed by atoms with Crippen molar-refractivity contribution in [3.8, 4) is 11.5 Å². The van der Waals surface area contributed by atoms with Crippen molar-refractivity contribution >= 4 is 23.2 Å². The molecule has 0 bridgehead atoms. The van der Waals surface area contributed by atoms with Crippen LogP contribution < -0.4 is 14.8 Å². The van der Waals surface area contributed by atoms with E-state index in [1.165, 1.54) is 0 Å². The summed E-state index contributed by atoms with van der Waals surface area (Å²) in [5, 5.41) is 3.08. The first-order valence-corrected chi connectivity index (χ1v) is 8.75. The zero-order chi connectivity index (χ0) is 19.1. The molecule has 0 aliphatic carbocycles. The van der Waals surface area contributed by atoms with Crippen molar-refractivity contribution in [3.63, 3.8) is 0 Å². The van der Waals surface area contributed by atoms with Gasteiger partial charge in [0.15, 0.2) is 16.7 Å². The van der Waals surface area contributed by atoms with Crippen LogP contribution in [0.3, 0.4) is 0 Å². The third-order valence-corrected chi connectivity index (χ3v) is 4.32. The molecule has 0 aliphatic heterocycles. The normalized spacial score (nSPS) is 11.9. The number of nitrogens with one attached hydrogen (secondary N) is 1. The third-order valence-electron chi connectivity index (χ3n) is 4.02. The van der Waals surface area contributed by atoms with Gasteiger partial charge in [-0.2, -0.15) is 0 Å². The smallest absolute Gasteiger partial charge is 0.241 e. The Morgan fingerprint density at radius 3 is 2.77 bits per heavy atom. The molecule has 0 aliphatic rings. The highest BCUT2D eigenvalue weighted by Gasteiger charge is 2.19. The Labute approximate surface area is 159 Å². The minimum absolute atomic E-state index is 0.152. The van der Waals surface area contributed by atoms with Gasteiger partial charge in [-0.15, -0.1) is 0 Å². The SMILES string of the molecule is CCOc1ccc(CN(C)[C@H](C)C(=O)Nc2cccnc2Cl)cc1OC. The number of carbonyl (C=O) groups excluding carboxylic acids is 1. The summed E-state index contributed by atoms with van der Waals surface area (Å²) in [6.45, 7) is 4.92. The van der Waals surface area contributed by atoms with Crippen LogP contribution in [0.2, 0.25) is 5.15 Å². The van der Waals surface area contributed by atoms with Crippen molar-refractivity contribution in [1.29, 1.82) is 0 Å². The number of nitrogens with zero attached hydrogens (tertiary/aromatic N) is 2. The molecule has 1 aromatic heterocycles. The number of benzene rings is 1. The van der Waals surface area contributed by atoms with E-state index in [1.807, 2.05) is 44.0 Å². The molecule has 7 heteroatoms. The number of halogens is 1. The first-order chi connectivity index (χ1) is 12.5. The second-order valence-corrected chi connectivity index (χ2v) is 6.20. The summed E-state index contributed by atoms with van der Waals surface area (Å²) >= 11 is 5.99. The topological polar surface area (TPSA) is 63.7 Å². The lowest BCUT2D eigenvalue weighted by atomic mass is 10.1. The molecule has 1 amide bonds. The Morgan fingerprint density at radius 1 is 1.35 bits per heavy atom. The molecule has 6 nitrogen and oxygen atoms in total. The molecule has 0 saturated heterocycles. The maximum Gasteiger partial charge on any atom is 0.241 e. The number of amides is 1. The number of anilines is 1. The summed E-state index contributed by atoms with van der Waals surface area (Å²) in [6, 6.07) is 8.85. The van der Waals surface area contributed by atoms with Gasteiger partial charge in [0.05, 0.1) is 25.4 Å². The number of methoxy groups -OCH3 is 1. The van der Waals surface area contributed by atoms with Crippen molar-refractivity contribution < 1.29 is 14.3 Å². The largest absolute Gasteiger partial charge is 0.493 e. The van der Waals surface area contributed by atoms with E-state index in [2.05, 4.69) is 10.3 Å². The van der Waals surface area contributed by atoms with Crippen molar-refractivity contribution in [1.82, 2.24) is 9.88 Å². The quantitative estimate of drug-likeness (QED) is 0.712. The summed E-state index contributed by atoms with van der Waals surface area (Å²) in [5.74, 6) is 1.23. The summed E-state index contributed by atoms with van der Waals surface area (Å²) in [4.78, 5) is 18.4. The molecular weight excluding hydrogens is 354 g/mol. The minimum atomic E-state index is -0.358. The number of pyridine rings is 1. The number of hydrogen-bond donors (Lipinski definition) is 1. The van der Waals surface area contributed by atoms with E-state index in [0.29, 0.717) is 30.3 Å². The molecule has 0 fully saturated rings. The minimum Gasteiger partial charge on any atom is -0.493 e. The molecule has 2 aromatic rings. The summed E-state index contributed by atoms with van der Waals surface area (Å²) in [5.41, 5.74) is 1.52. The van der Waals surface area contributed by atoms with E-state index in [9.17, 15) is 4.79 Å². The molecule has 1 aromatic carbocycles. The van der Waals surface area contributed by atoms with E-state index < -0.39 is 0 Å². The van der Waals surface area contributed by atoms with E-state index >= 15 is 0 Å². The lowest BCUT2D eigenvalue weighted by molar-refractivity contribution is -0.120. The predicted molar refractivity (Wildman–Crippen MR) is 103 cm³/mol. The molecular formula is C19H24ClN3O3. The predicted octanol–water partition coefficient (Wildman–Crippen LogP) is 3.60. The van der Waals surface area contributed by atoms with Crippen LogP contribution in [0, 0.1) is 0 Å². The maximum absolute atomic E-state index is 12.5. The zero-order valence-corrected chi connectivity index (χ0v) is 16.2. The molecule has 0 unspecified atom stereocenters. The van der Waals surface area contributed by atoms with Gasteiger partial charge >= 0.3 is 0 Å².